The average molecular weight is 603 g/mol. The van der Waals surface area contributed by atoms with Crippen LogP contribution in [0.25, 0.3) is 0 Å². The molecular formula is C24H42O17. The average Bonchev–Trinajstić information content (AvgIpc) is 2.92. The Morgan fingerprint density at radius 3 is 1.29 bits per heavy atom. The van der Waals surface area contributed by atoms with E-state index in [1.807, 2.05) is 0 Å². The summed E-state index contributed by atoms with van der Waals surface area (Å²) in [6, 6.07) is 0. The van der Waals surface area contributed by atoms with Crippen LogP contribution in [0, 0.1) is 0 Å². The first kappa shape index (κ1) is 33.2. The van der Waals surface area contributed by atoms with Crippen LogP contribution >= 0.6 is 0 Å². The zero-order valence-corrected chi connectivity index (χ0v) is 22.9. The lowest BCUT2D eigenvalue weighted by Crippen LogP contribution is -2.66. The monoisotopic (exact) mass is 602 g/mol. The molecule has 20 atom stereocenters. The topological polar surface area (TPSA) is 267 Å². The Balaban J connectivity index is 1.42. The molecule has 0 bridgehead atoms. The van der Waals surface area contributed by atoms with Crippen LogP contribution in [0.5, 0.6) is 0 Å². The Hall–Kier alpha value is -0.680. The van der Waals surface area contributed by atoms with Gasteiger partial charge in [0.25, 0.3) is 0 Å². The molecule has 240 valence electrons. The lowest BCUT2D eigenvalue weighted by molar-refractivity contribution is -0.382. The van der Waals surface area contributed by atoms with Crippen molar-refractivity contribution in [1.29, 1.82) is 0 Å². The molecule has 41 heavy (non-hydrogen) atoms. The summed E-state index contributed by atoms with van der Waals surface area (Å²) in [5, 5.41) is 103. The third-order valence-corrected chi connectivity index (χ3v) is 8.04. The van der Waals surface area contributed by atoms with Crippen LogP contribution in [-0.4, -0.2) is 174 Å². The minimum absolute atomic E-state index is 0.914. The van der Waals surface area contributed by atoms with Gasteiger partial charge in [0.05, 0.1) is 24.4 Å². The first-order valence-corrected chi connectivity index (χ1v) is 13.5. The summed E-state index contributed by atoms with van der Waals surface area (Å²) < 4.78 is 38.8. The number of hydrogen-bond acceptors (Lipinski definition) is 17. The van der Waals surface area contributed by atoms with Gasteiger partial charge in [-0.1, -0.05) is 0 Å². The van der Waals surface area contributed by atoms with Crippen LogP contribution in [0.1, 0.15) is 27.7 Å². The van der Waals surface area contributed by atoms with E-state index in [0.29, 0.717) is 0 Å². The molecule has 17 nitrogen and oxygen atoms in total. The van der Waals surface area contributed by atoms with E-state index in [9.17, 15) is 51.1 Å². The molecule has 0 radical (unpaired) electrons. The molecule has 10 N–H and O–H groups in total. The van der Waals surface area contributed by atoms with Crippen molar-refractivity contribution < 1.29 is 84.2 Å². The lowest BCUT2D eigenvalue weighted by atomic mass is 9.96. The van der Waals surface area contributed by atoms with E-state index >= 15 is 0 Å². The maximum Gasteiger partial charge on any atom is 0.187 e. The van der Waals surface area contributed by atoms with Crippen LogP contribution < -0.4 is 0 Å². The van der Waals surface area contributed by atoms with E-state index in [4.69, 9.17) is 33.2 Å². The molecule has 4 aliphatic rings. The second-order valence-electron chi connectivity index (χ2n) is 11.1. The van der Waals surface area contributed by atoms with Crippen molar-refractivity contribution >= 4 is 0 Å². The van der Waals surface area contributed by atoms with Crippen LogP contribution in [-0.2, 0) is 33.2 Å². The summed E-state index contributed by atoms with van der Waals surface area (Å²) in [6.45, 7) is 5.80. The van der Waals surface area contributed by atoms with Crippen LogP contribution in [0.3, 0.4) is 0 Å². The number of ether oxygens (including phenoxy) is 7. The third-order valence-electron chi connectivity index (χ3n) is 8.04. The normalized spacial score (nSPS) is 56.9. The van der Waals surface area contributed by atoms with Crippen LogP contribution in [0.2, 0.25) is 0 Å². The summed E-state index contributed by atoms with van der Waals surface area (Å²) in [7, 11) is 0. The van der Waals surface area contributed by atoms with E-state index in [0.717, 1.165) is 0 Å². The van der Waals surface area contributed by atoms with Gasteiger partial charge in [-0.3, -0.25) is 0 Å². The lowest BCUT2D eigenvalue weighted by Gasteiger charge is -2.48. The zero-order valence-electron chi connectivity index (χ0n) is 22.9. The maximum atomic E-state index is 11.0. The molecule has 0 spiro atoms. The van der Waals surface area contributed by atoms with Gasteiger partial charge in [-0.2, -0.15) is 0 Å². The van der Waals surface area contributed by atoms with Crippen LogP contribution in [0.4, 0.5) is 0 Å². The van der Waals surface area contributed by atoms with Gasteiger partial charge >= 0.3 is 0 Å². The fourth-order valence-electron chi connectivity index (χ4n) is 5.38. The predicted molar refractivity (Wildman–Crippen MR) is 128 cm³/mol. The summed E-state index contributed by atoms with van der Waals surface area (Å²) in [4.78, 5) is 0. The van der Waals surface area contributed by atoms with Gasteiger partial charge in [-0.15, -0.1) is 0 Å². The van der Waals surface area contributed by atoms with Crippen molar-refractivity contribution in [3.63, 3.8) is 0 Å². The summed E-state index contributed by atoms with van der Waals surface area (Å²) in [6.07, 6.45) is -28.8. The molecule has 17 heteroatoms. The second kappa shape index (κ2) is 13.1. The molecule has 4 aliphatic heterocycles. The zero-order chi connectivity index (χ0) is 30.5. The minimum Gasteiger partial charge on any atom is -0.388 e. The molecule has 4 heterocycles. The summed E-state index contributed by atoms with van der Waals surface area (Å²) in [5.41, 5.74) is 0. The Morgan fingerprint density at radius 1 is 0.341 bits per heavy atom. The molecular weight excluding hydrogens is 560 g/mol. The van der Waals surface area contributed by atoms with Crippen molar-refractivity contribution in [3.8, 4) is 0 Å². The molecule has 0 saturated carbocycles. The Labute approximate surface area is 235 Å². The molecule has 0 aromatic carbocycles. The van der Waals surface area contributed by atoms with Crippen molar-refractivity contribution in [2.75, 3.05) is 0 Å². The van der Waals surface area contributed by atoms with E-state index in [1.165, 1.54) is 27.7 Å². The largest absolute Gasteiger partial charge is 0.388 e. The molecule has 0 aliphatic carbocycles. The summed E-state index contributed by atoms with van der Waals surface area (Å²) in [5.74, 6) is 0. The van der Waals surface area contributed by atoms with Crippen molar-refractivity contribution in [1.82, 2.24) is 0 Å². The highest BCUT2D eigenvalue weighted by molar-refractivity contribution is 4.96. The van der Waals surface area contributed by atoms with Crippen LogP contribution in [0.15, 0.2) is 0 Å². The van der Waals surface area contributed by atoms with Crippen molar-refractivity contribution in [2.24, 2.45) is 0 Å². The van der Waals surface area contributed by atoms with Gasteiger partial charge < -0.3 is 84.2 Å². The van der Waals surface area contributed by atoms with E-state index in [1.54, 1.807) is 0 Å². The highest BCUT2D eigenvalue weighted by Gasteiger charge is 2.53. The quantitative estimate of drug-likeness (QED) is 0.136. The van der Waals surface area contributed by atoms with E-state index < -0.39 is 123 Å². The van der Waals surface area contributed by atoms with Gasteiger partial charge in [0, 0.05) is 0 Å². The molecule has 0 amide bonds. The maximum absolute atomic E-state index is 11.0. The second-order valence-corrected chi connectivity index (χ2v) is 11.1. The fourth-order valence-corrected chi connectivity index (χ4v) is 5.38. The smallest absolute Gasteiger partial charge is 0.187 e. The predicted octanol–water partition coefficient (Wildman–Crippen LogP) is -5.64. The first-order chi connectivity index (χ1) is 19.1. The first-order valence-electron chi connectivity index (χ1n) is 13.5. The molecule has 4 fully saturated rings. The van der Waals surface area contributed by atoms with Gasteiger partial charge in [0.2, 0.25) is 0 Å². The van der Waals surface area contributed by atoms with Gasteiger partial charge in [-0.05, 0) is 27.7 Å². The number of hydrogen-bond donors (Lipinski definition) is 10. The van der Waals surface area contributed by atoms with E-state index in [2.05, 4.69) is 0 Å². The SMILES string of the molecule is C[C@@H]1O[C@@H](O[C@H]2[C@@H](O)[C@H](O)[C@H](O[C@H]3[C@H](O)[C@H](O[C@H]4[C@@H](O)[C@H](O)[C@@H](O)O[C@H]4C)O[C@@H](C)[C@H]3O)O[C@H]2C)[C@@H](O)[C@H](O)[C@@H]1O. The van der Waals surface area contributed by atoms with Crippen molar-refractivity contribution in [3.05, 3.63) is 0 Å². The van der Waals surface area contributed by atoms with Crippen molar-refractivity contribution in [2.45, 2.75) is 151 Å². The van der Waals surface area contributed by atoms with Gasteiger partial charge in [0.15, 0.2) is 25.2 Å². The summed E-state index contributed by atoms with van der Waals surface area (Å²) >= 11 is 0. The number of aliphatic hydroxyl groups is 10. The number of rotatable bonds is 6. The fraction of sp³-hybridized carbons (Fsp3) is 1.00. The molecule has 0 unspecified atom stereocenters. The highest BCUT2D eigenvalue weighted by atomic mass is 16.8. The van der Waals surface area contributed by atoms with E-state index in [-0.39, 0.29) is 0 Å². The Bertz CT molecular complexity index is 853. The molecule has 4 saturated heterocycles. The molecule has 0 aromatic heterocycles. The standard InChI is InChI=1S/C24H42O17/c1-5-9(25)11(27)15(31)22(36-5)39-19-8(4)38-23(16(32)13(19)29)41-20-10(26)6(2)37-24(17(20)33)40-18-7(3)35-21(34)14(30)12(18)28/h5-34H,1-4H3/t5-,6-,7-,8-,9+,10+,11+,12-,13-,14-,15-,16-,17-,18+,19+,20+,21-,22-,23-,24-/m0/s1. The van der Waals surface area contributed by atoms with Gasteiger partial charge in [-0.25, -0.2) is 0 Å². The minimum atomic E-state index is -1.80. The Kier molecular flexibility index (Phi) is 10.6. The highest BCUT2D eigenvalue weighted by Crippen LogP contribution is 2.33. The third kappa shape index (κ3) is 6.57. The Morgan fingerprint density at radius 2 is 0.732 bits per heavy atom. The molecule has 0 aromatic rings. The molecule has 4 rings (SSSR count). The number of aliphatic hydroxyl groups excluding tert-OH is 10. The van der Waals surface area contributed by atoms with Gasteiger partial charge in [0.1, 0.15) is 73.2 Å².